The lowest BCUT2D eigenvalue weighted by molar-refractivity contribution is 0.299. The van der Waals surface area contributed by atoms with E-state index in [0.29, 0.717) is 11.8 Å². The summed E-state index contributed by atoms with van der Waals surface area (Å²) in [5.41, 5.74) is 1.31. The Labute approximate surface area is 119 Å². The van der Waals surface area contributed by atoms with E-state index in [9.17, 15) is 0 Å². The van der Waals surface area contributed by atoms with Gasteiger partial charge < -0.3 is 0 Å². The summed E-state index contributed by atoms with van der Waals surface area (Å²) in [7, 11) is 0. The maximum absolute atomic E-state index is 5.72. The van der Waals surface area contributed by atoms with Crippen molar-refractivity contribution in [1.29, 1.82) is 0 Å². The van der Waals surface area contributed by atoms with Crippen LogP contribution in [0, 0.1) is 0 Å². The Morgan fingerprint density at radius 1 is 1.27 bits per heavy atom. The molecule has 0 amide bonds. The molecule has 0 radical (unpaired) electrons. The summed E-state index contributed by atoms with van der Waals surface area (Å²) >= 11 is 16.7. The zero-order chi connectivity index (χ0) is 10.4. The van der Waals surface area contributed by atoms with Gasteiger partial charge in [-0.05, 0) is 32.9 Å². The Morgan fingerprint density at radius 2 is 1.87 bits per heavy atom. The average molecular weight is 354 g/mol. The van der Waals surface area contributed by atoms with Crippen molar-refractivity contribution >= 4 is 62.9 Å². The fourth-order valence-corrected chi connectivity index (χ4v) is 2.88. The highest BCUT2D eigenvalue weighted by molar-refractivity contribution is 9.11. The zero-order valence-electron chi connectivity index (χ0n) is 8.09. The number of hydrogen-bond donors (Lipinski definition) is 0. The van der Waals surface area contributed by atoms with Crippen molar-refractivity contribution in [3.8, 4) is 0 Å². The summed E-state index contributed by atoms with van der Waals surface area (Å²) in [6, 6.07) is 2.13. The average Bonchev–Trinajstić information content (AvgIpc) is 2.53. The molecule has 1 aromatic heterocycles. The van der Waals surface area contributed by atoms with E-state index in [1.54, 1.807) is 11.3 Å². The smallest absolute Gasteiger partial charge is 0.0743 e. The predicted octanol–water partition coefficient (Wildman–Crippen LogP) is 4.21. The van der Waals surface area contributed by atoms with Gasteiger partial charge in [0, 0.05) is 31.4 Å². The largest absolute Gasteiger partial charge is 0.297 e. The standard InChI is InChI=1S/C9H12BrCl2NS.ClH/c10-9-8(1-6-14-9)7-13(4-2-11)5-3-12;/h1,6H,2-5,7H2;1H. The van der Waals surface area contributed by atoms with Gasteiger partial charge in [-0.3, -0.25) is 4.90 Å². The van der Waals surface area contributed by atoms with Crippen molar-refractivity contribution < 1.29 is 0 Å². The third-order valence-electron chi connectivity index (χ3n) is 1.89. The molecule has 0 spiro atoms. The molecule has 6 heteroatoms. The molecule has 1 rings (SSSR count). The summed E-state index contributed by atoms with van der Waals surface area (Å²) in [6.45, 7) is 2.69. The van der Waals surface area contributed by atoms with Gasteiger partial charge in [-0.1, -0.05) is 0 Å². The van der Waals surface area contributed by atoms with Crippen LogP contribution in [0.1, 0.15) is 5.56 Å². The molecule has 88 valence electrons. The molecule has 0 aliphatic rings. The van der Waals surface area contributed by atoms with Crippen molar-refractivity contribution in [3.63, 3.8) is 0 Å². The highest BCUT2D eigenvalue weighted by Crippen LogP contribution is 2.24. The first-order valence-corrected chi connectivity index (χ1v) is 7.08. The van der Waals surface area contributed by atoms with Crippen molar-refractivity contribution in [1.82, 2.24) is 4.90 Å². The molecule has 0 saturated carbocycles. The second kappa shape index (κ2) is 9.08. The Hall–Kier alpha value is 1.01. The second-order valence-electron chi connectivity index (χ2n) is 2.87. The Kier molecular flexibility index (Phi) is 9.69. The van der Waals surface area contributed by atoms with Crippen molar-refractivity contribution in [2.75, 3.05) is 24.8 Å². The topological polar surface area (TPSA) is 3.24 Å². The molecule has 0 aliphatic carbocycles. The van der Waals surface area contributed by atoms with E-state index in [4.69, 9.17) is 23.2 Å². The number of rotatable bonds is 6. The number of hydrogen-bond acceptors (Lipinski definition) is 2. The van der Waals surface area contributed by atoms with Gasteiger partial charge in [0.05, 0.1) is 3.79 Å². The van der Waals surface area contributed by atoms with E-state index < -0.39 is 0 Å². The van der Waals surface area contributed by atoms with E-state index in [2.05, 4.69) is 32.3 Å². The van der Waals surface area contributed by atoms with Crippen molar-refractivity contribution in [2.45, 2.75) is 6.54 Å². The van der Waals surface area contributed by atoms with Gasteiger partial charge in [0.15, 0.2) is 0 Å². The lowest BCUT2D eigenvalue weighted by Crippen LogP contribution is -2.27. The highest BCUT2D eigenvalue weighted by atomic mass is 79.9. The summed E-state index contributed by atoms with van der Waals surface area (Å²) in [6.07, 6.45) is 0. The van der Waals surface area contributed by atoms with Crippen LogP contribution >= 0.6 is 62.9 Å². The van der Waals surface area contributed by atoms with Crippen LogP contribution in [0.25, 0.3) is 0 Å². The normalized spacial score (nSPS) is 10.4. The molecule has 15 heavy (non-hydrogen) atoms. The molecule has 0 saturated heterocycles. The minimum absolute atomic E-state index is 0. The van der Waals surface area contributed by atoms with Gasteiger partial charge in [-0.15, -0.1) is 46.9 Å². The van der Waals surface area contributed by atoms with Crippen LogP contribution in [0.3, 0.4) is 0 Å². The van der Waals surface area contributed by atoms with Crippen LogP contribution in [-0.2, 0) is 6.54 Å². The summed E-state index contributed by atoms with van der Waals surface area (Å²) in [5.74, 6) is 1.30. The van der Waals surface area contributed by atoms with Crippen LogP contribution in [0.2, 0.25) is 0 Å². The van der Waals surface area contributed by atoms with Crippen LogP contribution < -0.4 is 0 Å². The molecular weight excluding hydrogens is 340 g/mol. The molecule has 0 aliphatic heterocycles. The van der Waals surface area contributed by atoms with Gasteiger partial charge in [-0.2, -0.15) is 0 Å². The lowest BCUT2D eigenvalue weighted by Gasteiger charge is -2.19. The van der Waals surface area contributed by atoms with E-state index >= 15 is 0 Å². The molecule has 0 N–H and O–H groups in total. The second-order valence-corrected chi connectivity index (χ2v) is 5.86. The third-order valence-corrected chi connectivity index (χ3v) is 4.04. The van der Waals surface area contributed by atoms with E-state index in [1.165, 1.54) is 9.35 Å². The summed E-state index contributed by atoms with van der Waals surface area (Å²) in [4.78, 5) is 2.26. The third kappa shape index (κ3) is 5.76. The van der Waals surface area contributed by atoms with E-state index in [1.807, 2.05) is 0 Å². The van der Waals surface area contributed by atoms with Crippen molar-refractivity contribution in [2.24, 2.45) is 0 Å². The van der Waals surface area contributed by atoms with Gasteiger partial charge in [0.1, 0.15) is 0 Å². The fraction of sp³-hybridized carbons (Fsp3) is 0.556. The first-order valence-electron chi connectivity index (χ1n) is 4.34. The molecule has 0 bridgehead atoms. The number of halogens is 4. The van der Waals surface area contributed by atoms with Gasteiger partial charge >= 0.3 is 0 Å². The van der Waals surface area contributed by atoms with Crippen LogP contribution in [0.4, 0.5) is 0 Å². The Bertz CT molecular complexity index is 264. The number of alkyl halides is 2. The zero-order valence-corrected chi connectivity index (χ0v) is 12.8. The van der Waals surface area contributed by atoms with Crippen molar-refractivity contribution in [3.05, 3.63) is 20.8 Å². The molecular formula is C9H13BrCl3NS. The van der Waals surface area contributed by atoms with Crippen LogP contribution in [-0.4, -0.2) is 29.7 Å². The Morgan fingerprint density at radius 3 is 2.27 bits per heavy atom. The van der Waals surface area contributed by atoms with E-state index in [-0.39, 0.29) is 12.4 Å². The van der Waals surface area contributed by atoms with Crippen LogP contribution in [0.15, 0.2) is 15.2 Å². The number of nitrogens with zero attached hydrogens (tertiary/aromatic N) is 1. The molecule has 0 aromatic carbocycles. The first-order chi connectivity index (χ1) is 6.77. The SMILES string of the molecule is Cl.ClCCN(CCCl)Cc1ccsc1Br. The Balaban J connectivity index is 0.00000196. The molecule has 0 atom stereocenters. The molecule has 1 aromatic rings. The summed E-state index contributed by atoms with van der Waals surface area (Å²) < 4.78 is 1.20. The molecule has 0 unspecified atom stereocenters. The molecule has 1 heterocycles. The highest BCUT2D eigenvalue weighted by Gasteiger charge is 2.07. The minimum atomic E-state index is 0. The first kappa shape index (κ1) is 16.0. The fourth-order valence-electron chi connectivity index (χ4n) is 1.18. The predicted molar refractivity (Wildman–Crippen MR) is 76.0 cm³/mol. The van der Waals surface area contributed by atoms with Gasteiger partial charge in [0.2, 0.25) is 0 Å². The molecule has 0 fully saturated rings. The maximum atomic E-state index is 5.72. The monoisotopic (exact) mass is 351 g/mol. The maximum Gasteiger partial charge on any atom is 0.0743 e. The lowest BCUT2D eigenvalue weighted by atomic mass is 10.3. The minimum Gasteiger partial charge on any atom is -0.297 e. The number of thiophene rings is 1. The van der Waals surface area contributed by atoms with E-state index in [0.717, 1.165) is 19.6 Å². The molecule has 1 nitrogen and oxygen atoms in total. The quantitative estimate of drug-likeness (QED) is 0.693. The van der Waals surface area contributed by atoms with Crippen LogP contribution in [0.5, 0.6) is 0 Å². The van der Waals surface area contributed by atoms with Gasteiger partial charge in [-0.25, -0.2) is 0 Å². The van der Waals surface area contributed by atoms with Gasteiger partial charge in [0.25, 0.3) is 0 Å². The summed E-state index contributed by atoms with van der Waals surface area (Å²) in [5, 5.41) is 2.08.